The number of benzene rings is 1. The molecule has 1 atom stereocenters. The summed E-state index contributed by atoms with van der Waals surface area (Å²) in [6.45, 7) is 2.01. The summed E-state index contributed by atoms with van der Waals surface area (Å²) in [6, 6.07) is 9.30. The zero-order chi connectivity index (χ0) is 16.5. The summed E-state index contributed by atoms with van der Waals surface area (Å²) in [6.07, 6.45) is 3.54. The van der Waals surface area contributed by atoms with E-state index in [2.05, 4.69) is 21.7 Å². The van der Waals surface area contributed by atoms with E-state index in [1.54, 1.807) is 12.1 Å². The summed E-state index contributed by atoms with van der Waals surface area (Å²) in [5, 5.41) is 16.6. The highest BCUT2D eigenvalue weighted by molar-refractivity contribution is 5.93. The SMILES string of the molecule is O=C1CCc2c(C3CCCNC3)cc(-c3ccccc3O)nc2N1. The third kappa shape index (κ3) is 2.76. The van der Waals surface area contributed by atoms with Crippen LogP contribution in [0.3, 0.4) is 0 Å². The van der Waals surface area contributed by atoms with E-state index >= 15 is 0 Å². The van der Waals surface area contributed by atoms with Gasteiger partial charge in [0.15, 0.2) is 0 Å². The summed E-state index contributed by atoms with van der Waals surface area (Å²) >= 11 is 0. The van der Waals surface area contributed by atoms with Crippen molar-refractivity contribution in [3.8, 4) is 17.0 Å². The number of nitrogens with zero attached hydrogens (tertiary/aromatic N) is 1. The summed E-state index contributed by atoms with van der Waals surface area (Å²) in [5.74, 6) is 1.31. The van der Waals surface area contributed by atoms with Gasteiger partial charge in [-0.3, -0.25) is 4.79 Å². The molecule has 2 aliphatic rings. The Bertz CT molecular complexity index is 782. The molecule has 24 heavy (non-hydrogen) atoms. The van der Waals surface area contributed by atoms with Gasteiger partial charge < -0.3 is 15.7 Å². The number of aromatic nitrogens is 1. The Morgan fingerprint density at radius 1 is 1.21 bits per heavy atom. The van der Waals surface area contributed by atoms with E-state index in [9.17, 15) is 9.90 Å². The maximum absolute atomic E-state index is 11.8. The molecular weight excluding hydrogens is 302 g/mol. The average molecular weight is 323 g/mol. The Hall–Kier alpha value is -2.40. The molecule has 0 bridgehead atoms. The predicted molar refractivity (Wildman–Crippen MR) is 93.1 cm³/mol. The molecule has 1 saturated heterocycles. The molecule has 1 amide bonds. The van der Waals surface area contributed by atoms with E-state index in [-0.39, 0.29) is 11.7 Å². The molecule has 1 fully saturated rings. The minimum Gasteiger partial charge on any atom is -0.507 e. The number of anilines is 1. The first-order valence-electron chi connectivity index (χ1n) is 8.55. The third-order valence-corrected chi connectivity index (χ3v) is 4.94. The van der Waals surface area contributed by atoms with Crippen LogP contribution < -0.4 is 10.6 Å². The number of amides is 1. The molecule has 3 N–H and O–H groups in total. The number of nitrogens with one attached hydrogen (secondary N) is 2. The maximum Gasteiger partial charge on any atom is 0.225 e. The van der Waals surface area contributed by atoms with Gasteiger partial charge in [-0.25, -0.2) is 4.98 Å². The number of aromatic hydroxyl groups is 1. The third-order valence-electron chi connectivity index (χ3n) is 4.94. The summed E-state index contributed by atoms with van der Waals surface area (Å²) < 4.78 is 0. The van der Waals surface area contributed by atoms with Crippen molar-refractivity contribution < 1.29 is 9.90 Å². The zero-order valence-corrected chi connectivity index (χ0v) is 13.5. The monoisotopic (exact) mass is 323 g/mol. The van der Waals surface area contributed by atoms with Crippen LogP contribution in [0.4, 0.5) is 5.82 Å². The van der Waals surface area contributed by atoms with Gasteiger partial charge in [-0.2, -0.15) is 0 Å². The molecule has 2 aromatic rings. The standard InChI is InChI=1S/C19H21N3O2/c23-17-6-2-1-5-14(17)16-10-15(12-4-3-9-20-11-12)13-7-8-18(24)22-19(13)21-16/h1-2,5-6,10,12,20,23H,3-4,7-9,11H2,(H,21,22,24). The number of piperidine rings is 1. The van der Waals surface area contributed by atoms with Crippen LogP contribution in [-0.4, -0.2) is 29.1 Å². The van der Waals surface area contributed by atoms with Crippen LogP contribution >= 0.6 is 0 Å². The number of rotatable bonds is 2. The smallest absolute Gasteiger partial charge is 0.225 e. The van der Waals surface area contributed by atoms with E-state index in [0.717, 1.165) is 43.6 Å². The lowest BCUT2D eigenvalue weighted by Crippen LogP contribution is -2.30. The Morgan fingerprint density at radius 2 is 2.08 bits per heavy atom. The lowest BCUT2D eigenvalue weighted by atomic mass is 9.85. The van der Waals surface area contributed by atoms with E-state index in [1.165, 1.54) is 5.56 Å². The Kier molecular flexibility index (Phi) is 3.94. The second-order valence-corrected chi connectivity index (χ2v) is 6.53. The maximum atomic E-state index is 11.8. The predicted octanol–water partition coefficient (Wildman–Crippen LogP) is 2.81. The largest absolute Gasteiger partial charge is 0.507 e. The summed E-state index contributed by atoms with van der Waals surface area (Å²) in [4.78, 5) is 16.5. The van der Waals surface area contributed by atoms with Crippen molar-refractivity contribution in [2.45, 2.75) is 31.6 Å². The molecule has 2 aliphatic heterocycles. The van der Waals surface area contributed by atoms with Gasteiger partial charge in [0.25, 0.3) is 0 Å². The highest BCUT2D eigenvalue weighted by atomic mass is 16.3. The molecule has 124 valence electrons. The number of pyridine rings is 1. The Labute approximate surface area is 141 Å². The average Bonchev–Trinajstić information content (AvgIpc) is 2.61. The lowest BCUT2D eigenvalue weighted by molar-refractivity contribution is -0.116. The number of phenolic OH excluding ortho intramolecular Hbond substituents is 1. The molecule has 0 aliphatic carbocycles. The summed E-state index contributed by atoms with van der Waals surface area (Å²) in [5.41, 5.74) is 3.83. The highest BCUT2D eigenvalue weighted by Crippen LogP contribution is 2.37. The van der Waals surface area contributed by atoms with Crippen molar-refractivity contribution >= 4 is 11.7 Å². The van der Waals surface area contributed by atoms with E-state index in [4.69, 9.17) is 0 Å². The zero-order valence-electron chi connectivity index (χ0n) is 13.5. The van der Waals surface area contributed by atoms with Crippen LogP contribution in [0.1, 0.15) is 36.3 Å². The highest BCUT2D eigenvalue weighted by Gasteiger charge is 2.26. The first-order chi connectivity index (χ1) is 11.7. The van der Waals surface area contributed by atoms with Crippen LogP contribution in [0.25, 0.3) is 11.3 Å². The number of hydrogen-bond donors (Lipinski definition) is 3. The van der Waals surface area contributed by atoms with Crippen molar-refractivity contribution in [1.82, 2.24) is 10.3 Å². The first-order valence-corrected chi connectivity index (χ1v) is 8.55. The normalized spacial score (nSPS) is 20.3. The van der Waals surface area contributed by atoms with Crippen molar-refractivity contribution in [2.75, 3.05) is 18.4 Å². The molecular formula is C19H21N3O2. The fourth-order valence-electron chi connectivity index (χ4n) is 3.70. The van der Waals surface area contributed by atoms with Gasteiger partial charge in [0.05, 0.1) is 5.69 Å². The molecule has 1 aromatic heterocycles. The fourth-order valence-corrected chi connectivity index (χ4v) is 3.70. The second kappa shape index (κ2) is 6.24. The molecule has 0 saturated carbocycles. The Balaban J connectivity index is 1.85. The lowest BCUT2D eigenvalue weighted by Gasteiger charge is -2.28. The molecule has 5 heteroatoms. The molecule has 1 unspecified atom stereocenters. The van der Waals surface area contributed by atoms with Crippen LogP contribution in [0.2, 0.25) is 0 Å². The van der Waals surface area contributed by atoms with E-state index < -0.39 is 0 Å². The van der Waals surface area contributed by atoms with Gasteiger partial charge in [-0.05, 0) is 61.1 Å². The number of carbonyl (C=O) groups excluding carboxylic acids is 1. The molecule has 4 rings (SSSR count). The number of fused-ring (bicyclic) bond motifs is 1. The molecule has 1 aromatic carbocycles. The van der Waals surface area contributed by atoms with Gasteiger partial charge >= 0.3 is 0 Å². The second-order valence-electron chi connectivity index (χ2n) is 6.53. The van der Waals surface area contributed by atoms with Gasteiger partial charge in [-0.15, -0.1) is 0 Å². The summed E-state index contributed by atoms with van der Waals surface area (Å²) in [7, 11) is 0. The van der Waals surface area contributed by atoms with Gasteiger partial charge in [-0.1, -0.05) is 12.1 Å². The van der Waals surface area contributed by atoms with Crippen molar-refractivity contribution in [2.24, 2.45) is 0 Å². The number of para-hydroxylation sites is 1. The van der Waals surface area contributed by atoms with Crippen molar-refractivity contribution in [1.29, 1.82) is 0 Å². The van der Waals surface area contributed by atoms with Crippen LogP contribution in [0.15, 0.2) is 30.3 Å². The fraction of sp³-hybridized carbons (Fsp3) is 0.368. The number of hydrogen-bond acceptors (Lipinski definition) is 4. The topological polar surface area (TPSA) is 74.2 Å². The van der Waals surface area contributed by atoms with E-state index in [0.29, 0.717) is 23.7 Å². The van der Waals surface area contributed by atoms with Gasteiger partial charge in [0.2, 0.25) is 5.91 Å². The van der Waals surface area contributed by atoms with Crippen LogP contribution in [-0.2, 0) is 11.2 Å². The Morgan fingerprint density at radius 3 is 2.88 bits per heavy atom. The molecule has 0 spiro atoms. The minimum absolute atomic E-state index is 0.0113. The van der Waals surface area contributed by atoms with E-state index in [1.807, 2.05) is 12.1 Å². The van der Waals surface area contributed by atoms with Gasteiger partial charge in [0.1, 0.15) is 11.6 Å². The van der Waals surface area contributed by atoms with Crippen molar-refractivity contribution in [3.05, 3.63) is 41.5 Å². The number of carbonyl (C=O) groups is 1. The molecule has 3 heterocycles. The molecule has 5 nitrogen and oxygen atoms in total. The van der Waals surface area contributed by atoms with Gasteiger partial charge in [0, 0.05) is 18.5 Å². The minimum atomic E-state index is 0.0113. The van der Waals surface area contributed by atoms with Crippen LogP contribution in [0.5, 0.6) is 5.75 Å². The molecule has 0 radical (unpaired) electrons. The van der Waals surface area contributed by atoms with Crippen LogP contribution in [0, 0.1) is 0 Å². The van der Waals surface area contributed by atoms with Crippen molar-refractivity contribution in [3.63, 3.8) is 0 Å². The first kappa shape index (κ1) is 15.1. The quantitative estimate of drug-likeness (QED) is 0.794. The number of phenols is 1.